The highest BCUT2D eigenvalue weighted by atomic mass is 19.1. The van der Waals surface area contributed by atoms with Crippen molar-refractivity contribution < 1.29 is 9.18 Å². The molecule has 0 aliphatic heterocycles. The highest BCUT2D eigenvalue weighted by molar-refractivity contribution is 6.01. The van der Waals surface area contributed by atoms with E-state index in [1.807, 2.05) is 19.1 Å². The summed E-state index contributed by atoms with van der Waals surface area (Å²) in [6, 6.07) is 10.2. The first kappa shape index (κ1) is 16.8. The van der Waals surface area contributed by atoms with Crippen LogP contribution in [0.1, 0.15) is 12.6 Å². The summed E-state index contributed by atoms with van der Waals surface area (Å²) in [6.07, 6.45) is 3.25. The molecule has 1 amide bonds. The van der Waals surface area contributed by atoms with Gasteiger partial charge in [0.2, 0.25) is 5.91 Å². The summed E-state index contributed by atoms with van der Waals surface area (Å²) in [4.78, 5) is 27.6. The van der Waals surface area contributed by atoms with E-state index >= 15 is 0 Å². The van der Waals surface area contributed by atoms with Crippen molar-refractivity contribution in [3.05, 3.63) is 60.3 Å². The van der Waals surface area contributed by atoms with Gasteiger partial charge in [-0.25, -0.2) is 14.4 Å². The third-order valence-corrected chi connectivity index (χ3v) is 4.13. The van der Waals surface area contributed by atoms with E-state index in [9.17, 15) is 9.18 Å². The predicted octanol–water partition coefficient (Wildman–Crippen LogP) is 4.09. The maximum Gasteiger partial charge on any atom is 0.222 e. The summed E-state index contributed by atoms with van der Waals surface area (Å²) in [5.41, 5.74) is 4.31. The van der Waals surface area contributed by atoms with Crippen LogP contribution < -0.4 is 5.32 Å². The fraction of sp³-hybridized carbons (Fsp3) is 0.100. The van der Waals surface area contributed by atoms with Crippen LogP contribution in [0.5, 0.6) is 0 Å². The fourth-order valence-corrected chi connectivity index (χ4v) is 3.02. The first-order chi connectivity index (χ1) is 13.0. The Balaban J connectivity index is 1.99. The zero-order chi connectivity index (χ0) is 19.0. The van der Waals surface area contributed by atoms with Crippen LogP contribution in [-0.4, -0.2) is 25.8 Å². The van der Waals surface area contributed by atoms with Crippen molar-refractivity contribution in [2.75, 3.05) is 5.32 Å². The average Bonchev–Trinajstić information content (AvgIpc) is 3.03. The van der Waals surface area contributed by atoms with Gasteiger partial charge in [-0.2, -0.15) is 0 Å². The Morgan fingerprint density at radius 3 is 2.81 bits per heavy atom. The zero-order valence-corrected chi connectivity index (χ0v) is 14.7. The van der Waals surface area contributed by atoms with Crippen LogP contribution in [-0.2, 0) is 4.79 Å². The molecule has 0 spiro atoms. The zero-order valence-electron chi connectivity index (χ0n) is 14.7. The fourth-order valence-electron chi connectivity index (χ4n) is 3.02. The molecule has 0 atom stereocenters. The lowest BCUT2D eigenvalue weighted by Gasteiger charge is -2.08. The number of fused-ring (bicyclic) bond motifs is 1. The summed E-state index contributed by atoms with van der Waals surface area (Å²) >= 11 is 0. The highest BCUT2D eigenvalue weighted by Crippen LogP contribution is 2.37. The molecule has 4 aromatic heterocycles. The second-order valence-corrected chi connectivity index (χ2v) is 6.17. The van der Waals surface area contributed by atoms with Gasteiger partial charge in [-0.05, 0) is 43.3 Å². The van der Waals surface area contributed by atoms with Crippen LogP contribution in [0.2, 0.25) is 0 Å². The third kappa shape index (κ3) is 3.15. The smallest absolute Gasteiger partial charge is 0.222 e. The van der Waals surface area contributed by atoms with Crippen LogP contribution in [0, 0.1) is 12.7 Å². The summed E-state index contributed by atoms with van der Waals surface area (Å²) in [7, 11) is 0. The first-order valence-corrected chi connectivity index (χ1v) is 8.37. The van der Waals surface area contributed by atoms with Gasteiger partial charge < -0.3 is 10.3 Å². The molecule has 134 valence electrons. The van der Waals surface area contributed by atoms with Gasteiger partial charge in [-0.15, -0.1) is 0 Å². The highest BCUT2D eigenvalue weighted by Gasteiger charge is 2.20. The van der Waals surface area contributed by atoms with E-state index in [1.54, 1.807) is 30.6 Å². The number of aromatic nitrogens is 4. The SMILES string of the molecule is CC(=O)Nc1cc(-c2[nH]c3cccnc3c2-c2nc(C)ccc2F)ccn1. The quantitative estimate of drug-likeness (QED) is 0.576. The Hall–Kier alpha value is -3.61. The normalized spacial score (nSPS) is 10.9. The number of amides is 1. The lowest BCUT2D eigenvalue weighted by atomic mass is 10.0. The van der Waals surface area contributed by atoms with Crippen LogP contribution in [0.25, 0.3) is 33.5 Å². The van der Waals surface area contributed by atoms with Crippen molar-refractivity contribution in [3.63, 3.8) is 0 Å². The number of hydrogen-bond donors (Lipinski definition) is 2. The molecule has 0 aromatic carbocycles. The first-order valence-electron chi connectivity index (χ1n) is 8.37. The standard InChI is InChI=1S/C20H16FN5O/c1-11-5-6-14(21)19(24-11)17-18(26-15-4-3-8-23-20(15)17)13-7-9-22-16(10-13)25-12(2)27/h3-10,26H,1-2H3,(H,22,25,27). The number of anilines is 1. The molecule has 2 N–H and O–H groups in total. The number of hydrogen-bond acceptors (Lipinski definition) is 4. The molecule has 4 aromatic rings. The number of nitrogens with zero attached hydrogens (tertiary/aromatic N) is 3. The van der Waals surface area contributed by atoms with Gasteiger partial charge in [0, 0.05) is 30.6 Å². The molecule has 6 nitrogen and oxygen atoms in total. The molecule has 0 aliphatic carbocycles. The molecule has 4 rings (SSSR count). The topological polar surface area (TPSA) is 83.6 Å². The Morgan fingerprint density at radius 1 is 1.15 bits per heavy atom. The van der Waals surface area contributed by atoms with Crippen molar-refractivity contribution in [2.45, 2.75) is 13.8 Å². The second-order valence-electron chi connectivity index (χ2n) is 6.17. The molecule has 0 fully saturated rings. The lowest BCUT2D eigenvalue weighted by Crippen LogP contribution is -2.07. The van der Waals surface area contributed by atoms with Gasteiger partial charge in [-0.3, -0.25) is 9.78 Å². The number of carbonyl (C=O) groups excluding carboxylic acids is 1. The number of halogens is 1. The van der Waals surface area contributed by atoms with E-state index in [0.29, 0.717) is 28.3 Å². The maximum atomic E-state index is 14.6. The van der Waals surface area contributed by atoms with Gasteiger partial charge in [0.15, 0.2) is 0 Å². The van der Waals surface area contributed by atoms with Crippen LogP contribution in [0.15, 0.2) is 48.8 Å². The molecular formula is C20H16FN5O. The monoisotopic (exact) mass is 361 g/mol. The molecule has 0 saturated carbocycles. The van der Waals surface area contributed by atoms with Crippen LogP contribution in [0.4, 0.5) is 10.2 Å². The number of aryl methyl sites for hydroxylation is 1. The Bertz CT molecular complexity index is 1170. The minimum Gasteiger partial charge on any atom is -0.353 e. The van der Waals surface area contributed by atoms with E-state index in [4.69, 9.17) is 0 Å². The number of aromatic amines is 1. The molecule has 7 heteroatoms. The number of pyridine rings is 3. The van der Waals surface area contributed by atoms with Gasteiger partial charge in [0.1, 0.15) is 17.3 Å². The van der Waals surface area contributed by atoms with Crippen molar-refractivity contribution in [2.24, 2.45) is 0 Å². The molecule has 0 aliphatic rings. The number of nitrogens with one attached hydrogen (secondary N) is 2. The minimum absolute atomic E-state index is 0.218. The molecule has 0 unspecified atom stereocenters. The molecule has 27 heavy (non-hydrogen) atoms. The molecule has 0 radical (unpaired) electrons. The molecule has 0 bridgehead atoms. The number of H-pyrrole nitrogens is 1. The summed E-state index contributed by atoms with van der Waals surface area (Å²) in [5, 5.41) is 2.66. The number of carbonyl (C=O) groups is 1. The second kappa shape index (κ2) is 6.60. The van der Waals surface area contributed by atoms with E-state index in [0.717, 1.165) is 11.1 Å². The van der Waals surface area contributed by atoms with E-state index in [-0.39, 0.29) is 11.6 Å². The third-order valence-electron chi connectivity index (χ3n) is 4.13. The molecule has 0 saturated heterocycles. The van der Waals surface area contributed by atoms with Gasteiger partial charge in [0.25, 0.3) is 0 Å². The Labute approximate surface area is 154 Å². The lowest BCUT2D eigenvalue weighted by molar-refractivity contribution is -0.114. The van der Waals surface area contributed by atoms with Crippen molar-refractivity contribution in [3.8, 4) is 22.5 Å². The minimum atomic E-state index is -0.426. The molecule has 4 heterocycles. The van der Waals surface area contributed by atoms with Gasteiger partial charge in [0.05, 0.1) is 22.3 Å². The summed E-state index contributed by atoms with van der Waals surface area (Å²) < 4.78 is 14.6. The van der Waals surface area contributed by atoms with Gasteiger partial charge in [-0.1, -0.05) is 0 Å². The number of rotatable bonds is 3. The van der Waals surface area contributed by atoms with Gasteiger partial charge >= 0.3 is 0 Å². The predicted molar refractivity (Wildman–Crippen MR) is 102 cm³/mol. The maximum absolute atomic E-state index is 14.6. The summed E-state index contributed by atoms with van der Waals surface area (Å²) in [5.74, 6) is -0.232. The van der Waals surface area contributed by atoms with Crippen molar-refractivity contribution in [1.82, 2.24) is 19.9 Å². The van der Waals surface area contributed by atoms with Crippen molar-refractivity contribution >= 4 is 22.8 Å². The molecular weight excluding hydrogens is 345 g/mol. The van der Waals surface area contributed by atoms with E-state index in [1.165, 1.54) is 13.0 Å². The van der Waals surface area contributed by atoms with Crippen LogP contribution >= 0.6 is 0 Å². The van der Waals surface area contributed by atoms with E-state index in [2.05, 4.69) is 25.3 Å². The average molecular weight is 361 g/mol. The van der Waals surface area contributed by atoms with Crippen LogP contribution in [0.3, 0.4) is 0 Å². The Kier molecular flexibility index (Phi) is 4.12. The summed E-state index contributed by atoms with van der Waals surface area (Å²) in [6.45, 7) is 3.23. The Morgan fingerprint density at radius 2 is 2.00 bits per heavy atom. The largest absolute Gasteiger partial charge is 0.353 e. The van der Waals surface area contributed by atoms with E-state index < -0.39 is 5.82 Å². The van der Waals surface area contributed by atoms with Crippen molar-refractivity contribution in [1.29, 1.82) is 0 Å².